The van der Waals surface area contributed by atoms with Crippen LogP contribution in [0, 0.1) is 0 Å². The number of aliphatic hydroxyl groups is 1. The molecule has 0 bridgehead atoms. The Bertz CT molecular complexity index is 897. The van der Waals surface area contributed by atoms with E-state index >= 15 is 0 Å². The van der Waals surface area contributed by atoms with Crippen LogP contribution in [0.2, 0.25) is 5.02 Å². The number of nitrogens with zero attached hydrogens (tertiary/aromatic N) is 4. The smallest absolute Gasteiger partial charge is 0.204 e. The van der Waals surface area contributed by atoms with Crippen molar-refractivity contribution in [3.05, 3.63) is 64.7 Å². The molecule has 3 aromatic rings. The second-order valence-electron chi connectivity index (χ2n) is 6.74. The van der Waals surface area contributed by atoms with Gasteiger partial charge in [0.25, 0.3) is 0 Å². The number of rotatable bonds is 6. The van der Waals surface area contributed by atoms with Crippen molar-refractivity contribution in [2.45, 2.75) is 38.0 Å². The largest absolute Gasteiger partial charge is 0.389 e. The van der Waals surface area contributed by atoms with Crippen LogP contribution >= 0.6 is 11.6 Å². The van der Waals surface area contributed by atoms with Crippen molar-refractivity contribution in [2.24, 2.45) is 0 Å². The number of aliphatic hydroxyl groups excluding tert-OH is 1. The molecule has 0 saturated carbocycles. The molecule has 2 atom stereocenters. The predicted octanol–water partition coefficient (Wildman–Crippen LogP) is 3.45. The highest BCUT2D eigenvalue weighted by atomic mass is 35.5. The summed E-state index contributed by atoms with van der Waals surface area (Å²) in [6, 6.07) is 15.6. The van der Waals surface area contributed by atoms with Gasteiger partial charge < -0.3 is 9.84 Å². The summed E-state index contributed by atoms with van der Waals surface area (Å²) in [5.41, 5.74) is 3.41. The Morgan fingerprint density at radius 1 is 1.19 bits per heavy atom. The molecular formula is C20H21ClN4O2. The van der Waals surface area contributed by atoms with Crippen LogP contribution in [0.5, 0.6) is 0 Å². The Labute approximate surface area is 162 Å². The van der Waals surface area contributed by atoms with E-state index in [0.717, 1.165) is 24.8 Å². The summed E-state index contributed by atoms with van der Waals surface area (Å²) in [6.45, 7) is 0.464. The number of fused-ring (bicyclic) bond motifs is 1. The van der Waals surface area contributed by atoms with Crippen LogP contribution < -0.4 is 0 Å². The lowest BCUT2D eigenvalue weighted by molar-refractivity contribution is -0.0249. The van der Waals surface area contributed by atoms with E-state index in [0.29, 0.717) is 10.8 Å². The van der Waals surface area contributed by atoms with Gasteiger partial charge in [0.1, 0.15) is 0 Å². The molecule has 0 fully saturated rings. The van der Waals surface area contributed by atoms with E-state index in [-0.39, 0.29) is 19.3 Å². The Kier molecular flexibility index (Phi) is 5.48. The van der Waals surface area contributed by atoms with Gasteiger partial charge in [0, 0.05) is 10.6 Å². The normalized spacial score (nSPS) is 17.5. The minimum absolute atomic E-state index is 0.0398. The van der Waals surface area contributed by atoms with E-state index in [2.05, 4.69) is 33.6 Å². The summed E-state index contributed by atoms with van der Waals surface area (Å²) in [5.74, 6) is 0.501. The van der Waals surface area contributed by atoms with Gasteiger partial charge in [0.05, 0.1) is 25.4 Å². The van der Waals surface area contributed by atoms with Crippen LogP contribution in [0.15, 0.2) is 48.5 Å². The molecule has 0 spiro atoms. The van der Waals surface area contributed by atoms with Crippen molar-refractivity contribution >= 4 is 11.6 Å². The average molecular weight is 385 g/mol. The molecular weight excluding hydrogens is 364 g/mol. The third-order valence-corrected chi connectivity index (χ3v) is 4.99. The zero-order valence-corrected chi connectivity index (χ0v) is 15.6. The molecule has 6 nitrogen and oxygen atoms in total. The summed E-state index contributed by atoms with van der Waals surface area (Å²) in [4.78, 5) is 1.40. The van der Waals surface area contributed by atoms with Gasteiger partial charge in [-0.05, 0) is 59.9 Å². The highest BCUT2D eigenvalue weighted by Gasteiger charge is 2.21. The molecule has 1 aromatic heterocycles. The fourth-order valence-electron chi connectivity index (χ4n) is 3.39. The lowest BCUT2D eigenvalue weighted by atomic mass is 9.89. The number of hydrogen-bond donors (Lipinski definition) is 1. The fourth-order valence-corrected chi connectivity index (χ4v) is 3.51. The van der Waals surface area contributed by atoms with E-state index in [1.54, 1.807) is 12.1 Å². The van der Waals surface area contributed by atoms with Crippen LogP contribution in [0.1, 0.15) is 30.1 Å². The molecule has 1 aliphatic rings. The van der Waals surface area contributed by atoms with E-state index in [1.165, 1.54) is 15.9 Å². The number of tetrazole rings is 1. The standard InChI is InChI=1S/C20H21ClN4O2/c21-16-10-8-15(9-11-16)20-22-24-25(23-20)12-17(26)13-27-19-7-3-5-14-4-1-2-6-18(14)19/h1-2,4,6,8-11,17,19,26H,3,5,7,12-13H2/t17-,19+/m1/s1. The molecule has 7 heteroatoms. The highest BCUT2D eigenvalue weighted by Crippen LogP contribution is 2.32. The van der Waals surface area contributed by atoms with Crippen molar-refractivity contribution in [3.63, 3.8) is 0 Å². The summed E-state index contributed by atoms with van der Waals surface area (Å²) in [6.07, 6.45) is 2.51. The van der Waals surface area contributed by atoms with Crippen LogP contribution in [-0.4, -0.2) is 38.0 Å². The summed E-state index contributed by atoms with van der Waals surface area (Å²) >= 11 is 5.89. The third-order valence-electron chi connectivity index (χ3n) is 4.73. The number of aryl methyl sites for hydroxylation is 1. The molecule has 27 heavy (non-hydrogen) atoms. The maximum Gasteiger partial charge on any atom is 0.204 e. The number of halogens is 1. The molecule has 1 heterocycles. The Balaban J connectivity index is 1.34. The van der Waals surface area contributed by atoms with Crippen LogP contribution in [-0.2, 0) is 17.7 Å². The van der Waals surface area contributed by atoms with Gasteiger partial charge in [0.2, 0.25) is 5.82 Å². The van der Waals surface area contributed by atoms with E-state index in [4.69, 9.17) is 16.3 Å². The van der Waals surface area contributed by atoms with Gasteiger partial charge in [-0.3, -0.25) is 0 Å². The van der Waals surface area contributed by atoms with Crippen LogP contribution in [0.3, 0.4) is 0 Å². The van der Waals surface area contributed by atoms with Gasteiger partial charge >= 0.3 is 0 Å². The molecule has 0 radical (unpaired) electrons. The minimum atomic E-state index is -0.702. The second kappa shape index (κ2) is 8.17. The Morgan fingerprint density at radius 3 is 2.85 bits per heavy atom. The van der Waals surface area contributed by atoms with Gasteiger partial charge in [-0.15, -0.1) is 10.2 Å². The number of benzene rings is 2. The molecule has 1 aliphatic carbocycles. The predicted molar refractivity (Wildman–Crippen MR) is 102 cm³/mol. The monoisotopic (exact) mass is 384 g/mol. The quantitative estimate of drug-likeness (QED) is 0.704. The molecule has 4 rings (SSSR count). The zero-order chi connectivity index (χ0) is 18.6. The van der Waals surface area contributed by atoms with Crippen molar-refractivity contribution in [3.8, 4) is 11.4 Å². The lowest BCUT2D eigenvalue weighted by Crippen LogP contribution is -2.25. The second-order valence-corrected chi connectivity index (χ2v) is 7.18. The number of hydrogen-bond acceptors (Lipinski definition) is 5. The molecule has 0 saturated heterocycles. The molecule has 0 unspecified atom stereocenters. The molecule has 1 N–H and O–H groups in total. The van der Waals surface area contributed by atoms with Crippen molar-refractivity contribution in [2.75, 3.05) is 6.61 Å². The number of aromatic nitrogens is 4. The maximum absolute atomic E-state index is 10.3. The molecule has 2 aromatic carbocycles. The average Bonchev–Trinajstić information content (AvgIpc) is 3.15. The molecule has 0 amide bonds. The Morgan fingerprint density at radius 2 is 2.00 bits per heavy atom. The maximum atomic E-state index is 10.3. The van der Waals surface area contributed by atoms with Crippen molar-refractivity contribution in [1.29, 1.82) is 0 Å². The first kappa shape index (κ1) is 18.1. The highest BCUT2D eigenvalue weighted by molar-refractivity contribution is 6.30. The van der Waals surface area contributed by atoms with Gasteiger partial charge in [-0.2, -0.15) is 4.80 Å². The fraction of sp³-hybridized carbons (Fsp3) is 0.350. The first-order valence-corrected chi connectivity index (χ1v) is 9.48. The van der Waals surface area contributed by atoms with Crippen LogP contribution in [0.4, 0.5) is 0 Å². The van der Waals surface area contributed by atoms with Gasteiger partial charge in [0.15, 0.2) is 0 Å². The van der Waals surface area contributed by atoms with E-state index < -0.39 is 6.10 Å². The van der Waals surface area contributed by atoms with Gasteiger partial charge in [-0.25, -0.2) is 0 Å². The van der Waals surface area contributed by atoms with Crippen molar-refractivity contribution in [1.82, 2.24) is 20.2 Å². The summed E-state index contributed by atoms with van der Waals surface area (Å²) < 4.78 is 5.99. The molecule has 0 aliphatic heterocycles. The lowest BCUT2D eigenvalue weighted by Gasteiger charge is -2.26. The topological polar surface area (TPSA) is 73.1 Å². The number of ether oxygens (including phenoxy) is 1. The zero-order valence-electron chi connectivity index (χ0n) is 14.8. The SMILES string of the molecule is O[C@@H](CO[C@H]1CCCc2ccccc21)Cn1nnc(-c2ccc(Cl)cc2)n1. The van der Waals surface area contributed by atoms with Crippen molar-refractivity contribution < 1.29 is 9.84 Å². The first-order valence-electron chi connectivity index (χ1n) is 9.10. The third kappa shape index (κ3) is 4.35. The summed E-state index contributed by atoms with van der Waals surface area (Å²) in [5, 5.41) is 23.3. The minimum Gasteiger partial charge on any atom is -0.389 e. The Hall–Kier alpha value is -2.28. The summed E-state index contributed by atoms with van der Waals surface area (Å²) in [7, 11) is 0. The first-order chi connectivity index (χ1) is 13.2. The van der Waals surface area contributed by atoms with Crippen LogP contribution in [0.25, 0.3) is 11.4 Å². The van der Waals surface area contributed by atoms with E-state index in [1.807, 2.05) is 18.2 Å². The molecule has 140 valence electrons. The van der Waals surface area contributed by atoms with E-state index in [9.17, 15) is 5.11 Å². The van der Waals surface area contributed by atoms with Gasteiger partial charge in [-0.1, -0.05) is 35.9 Å².